The third-order valence-electron chi connectivity index (χ3n) is 4.58. The molecule has 0 amide bonds. The van der Waals surface area contributed by atoms with E-state index in [2.05, 4.69) is 12.0 Å². The number of anilines is 1. The van der Waals surface area contributed by atoms with Crippen LogP contribution in [0.25, 0.3) is 0 Å². The first-order chi connectivity index (χ1) is 13.9. The first-order valence-electron chi connectivity index (χ1n) is 9.43. The number of rotatable bonds is 7. The first kappa shape index (κ1) is 21.6. The number of hydrogen-bond donors (Lipinski definition) is 0. The van der Waals surface area contributed by atoms with Gasteiger partial charge in [0.25, 0.3) is 0 Å². The number of nitrogens with zero attached hydrogens (tertiary/aromatic N) is 3. The van der Waals surface area contributed by atoms with Crippen LogP contribution in [0.2, 0.25) is 0 Å². The van der Waals surface area contributed by atoms with Gasteiger partial charge in [-0.2, -0.15) is 5.10 Å². The molecule has 0 aliphatic carbocycles. The highest BCUT2D eigenvalue weighted by Gasteiger charge is 2.56. The molecule has 7 nitrogen and oxygen atoms in total. The fraction of sp³-hybridized carbons (Fsp3) is 0.450. The highest BCUT2D eigenvalue weighted by molar-refractivity contribution is 8.28. The lowest BCUT2D eigenvalue weighted by Crippen LogP contribution is -2.47. The molecule has 0 fully saturated rings. The molecule has 2 aliphatic rings. The first-order valence-corrected chi connectivity index (χ1v) is 11.1. The van der Waals surface area contributed by atoms with Crippen molar-refractivity contribution in [1.29, 1.82) is 0 Å². The van der Waals surface area contributed by atoms with Crippen LogP contribution < -0.4 is 9.75 Å². The van der Waals surface area contributed by atoms with Crippen molar-refractivity contribution in [3.8, 4) is 5.75 Å². The van der Waals surface area contributed by atoms with Crippen LogP contribution in [0.4, 0.5) is 5.69 Å². The molecule has 2 aliphatic heterocycles. The number of ketones is 1. The maximum atomic E-state index is 12.7. The standard InChI is InChI=1S/C20H25N3O4S2/c1-6-8-16-17(19(25)27-7-2)28-20(22(16)4)23(21-18(29-20)13(3)24)14-9-11-15(26-5)12-10-14/h9-12H,6-8H2,1-5H3. The van der Waals surface area contributed by atoms with Gasteiger partial charge in [-0.1, -0.05) is 25.1 Å². The third kappa shape index (κ3) is 3.85. The van der Waals surface area contributed by atoms with Crippen LogP contribution in [0.15, 0.2) is 40.0 Å². The molecule has 9 heteroatoms. The Bertz CT molecular complexity index is 869. The molecule has 1 aromatic rings. The summed E-state index contributed by atoms with van der Waals surface area (Å²) in [7, 11) is 3.55. The number of hydrazone groups is 1. The number of Topliss-reactive ketones (excluding diaryl/α,β-unsaturated/α-hetero) is 1. The van der Waals surface area contributed by atoms with Crippen LogP contribution >= 0.6 is 23.5 Å². The normalized spacial score (nSPS) is 21.1. The van der Waals surface area contributed by atoms with Gasteiger partial charge in [0.2, 0.25) is 4.33 Å². The number of hydrogen-bond acceptors (Lipinski definition) is 9. The Morgan fingerprint density at radius 3 is 2.41 bits per heavy atom. The van der Waals surface area contributed by atoms with Crippen LogP contribution in [0.3, 0.4) is 0 Å². The van der Waals surface area contributed by atoms with E-state index < -0.39 is 4.33 Å². The Labute approximate surface area is 179 Å². The van der Waals surface area contributed by atoms with Crippen molar-refractivity contribution < 1.29 is 19.1 Å². The average molecular weight is 436 g/mol. The Kier molecular flexibility index (Phi) is 6.48. The maximum Gasteiger partial charge on any atom is 0.346 e. The van der Waals surface area contributed by atoms with Gasteiger partial charge in [0, 0.05) is 19.7 Å². The number of ether oxygens (including phenoxy) is 2. The molecule has 0 saturated carbocycles. The van der Waals surface area contributed by atoms with Gasteiger partial charge in [-0.05, 0) is 49.4 Å². The number of carbonyl (C=O) groups is 2. The molecule has 1 aromatic carbocycles. The smallest absolute Gasteiger partial charge is 0.346 e. The molecule has 1 spiro atoms. The molecule has 29 heavy (non-hydrogen) atoms. The van der Waals surface area contributed by atoms with Crippen molar-refractivity contribution in [3.05, 3.63) is 34.9 Å². The van der Waals surface area contributed by atoms with Crippen molar-refractivity contribution in [1.82, 2.24) is 4.90 Å². The van der Waals surface area contributed by atoms with Gasteiger partial charge in [-0.3, -0.25) is 4.79 Å². The summed E-state index contributed by atoms with van der Waals surface area (Å²) in [5.74, 6) is 0.284. The van der Waals surface area contributed by atoms with Crippen molar-refractivity contribution in [3.63, 3.8) is 0 Å². The molecule has 0 N–H and O–H groups in total. The fourth-order valence-electron chi connectivity index (χ4n) is 3.16. The van der Waals surface area contributed by atoms with E-state index in [0.29, 0.717) is 16.6 Å². The lowest BCUT2D eigenvalue weighted by atomic mass is 10.2. The number of carbonyl (C=O) groups excluding carboxylic acids is 2. The van der Waals surface area contributed by atoms with Crippen LogP contribution in [-0.2, 0) is 14.3 Å². The number of allylic oxidation sites excluding steroid dienone is 1. The number of thioether (sulfide) groups is 2. The molecule has 0 bridgehead atoms. The second-order valence-corrected chi connectivity index (χ2v) is 9.13. The minimum atomic E-state index is -0.803. The van der Waals surface area contributed by atoms with Crippen LogP contribution in [0.5, 0.6) is 5.75 Å². The van der Waals surface area contributed by atoms with E-state index in [4.69, 9.17) is 9.47 Å². The summed E-state index contributed by atoms with van der Waals surface area (Å²) in [6.07, 6.45) is 1.61. The zero-order chi connectivity index (χ0) is 21.2. The van der Waals surface area contributed by atoms with E-state index in [1.807, 2.05) is 36.2 Å². The fourth-order valence-corrected chi connectivity index (χ4v) is 6.06. The van der Waals surface area contributed by atoms with Gasteiger partial charge in [-0.25, -0.2) is 9.80 Å². The number of esters is 1. The second-order valence-electron chi connectivity index (χ2n) is 6.53. The van der Waals surface area contributed by atoms with E-state index in [-0.39, 0.29) is 11.8 Å². The quantitative estimate of drug-likeness (QED) is 0.595. The molecule has 0 radical (unpaired) electrons. The third-order valence-corrected chi connectivity index (χ3v) is 7.67. The highest BCUT2D eigenvalue weighted by Crippen LogP contribution is 2.59. The predicted molar refractivity (Wildman–Crippen MR) is 118 cm³/mol. The molecular weight excluding hydrogens is 410 g/mol. The second kappa shape index (κ2) is 8.71. The molecule has 1 atom stereocenters. The summed E-state index contributed by atoms with van der Waals surface area (Å²) < 4.78 is 9.76. The monoisotopic (exact) mass is 435 g/mol. The summed E-state index contributed by atoms with van der Waals surface area (Å²) in [6.45, 7) is 5.68. The van der Waals surface area contributed by atoms with Crippen LogP contribution in [0.1, 0.15) is 33.6 Å². The molecular formula is C20H25N3O4S2. The SMILES string of the molecule is CCCC1=C(C(=O)OCC)SC2(SC(C(C)=O)=NN2c2ccc(OC)cc2)N1C. The van der Waals surface area contributed by atoms with E-state index in [1.165, 1.54) is 30.4 Å². The lowest BCUT2D eigenvalue weighted by Gasteiger charge is -2.39. The number of benzene rings is 1. The average Bonchev–Trinajstić information content (AvgIpc) is 3.23. The minimum absolute atomic E-state index is 0.110. The molecule has 156 valence electrons. The molecule has 0 saturated heterocycles. The summed E-state index contributed by atoms with van der Waals surface area (Å²) >= 11 is 2.73. The lowest BCUT2D eigenvalue weighted by molar-refractivity contribution is -0.137. The summed E-state index contributed by atoms with van der Waals surface area (Å²) in [5.41, 5.74) is 1.71. The van der Waals surface area contributed by atoms with E-state index in [0.717, 1.165) is 30.0 Å². The van der Waals surface area contributed by atoms with Crippen molar-refractivity contribution in [2.45, 2.75) is 37.9 Å². The van der Waals surface area contributed by atoms with Gasteiger partial charge in [0.15, 0.2) is 10.8 Å². The summed E-state index contributed by atoms with van der Waals surface area (Å²) in [5, 5.41) is 6.82. The van der Waals surface area contributed by atoms with E-state index >= 15 is 0 Å². The predicted octanol–water partition coefficient (Wildman–Crippen LogP) is 4.02. The Balaban J connectivity index is 2.05. The molecule has 2 heterocycles. The molecule has 0 aromatic heterocycles. The van der Waals surface area contributed by atoms with Crippen LogP contribution in [-0.4, -0.2) is 46.8 Å². The van der Waals surface area contributed by atoms with Crippen molar-refractivity contribution in [2.24, 2.45) is 5.10 Å². The Hall–Kier alpha value is -2.13. The summed E-state index contributed by atoms with van der Waals surface area (Å²) in [4.78, 5) is 27.5. The van der Waals surface area contributed by atoms with E-state index in [1.54, 1.807) is 19.0 Å². The van der Waals surface area contributed by atoms with Crippen molar-refractivity contribution >= 4 is 46.0 Å². The van der Waals surface area contributed by atoms with Crippen LogP contribution in [0, 0.1) is 0 Å². The van der Waals surface area contributed by atoms with E-state index in [9.17, 15) is 9.59 Å². The largest absolute Gasteiger partial charge is 0.497 e. The van der Waals surface area contributed by atoms with Gasteiger partial charge < -0.3 is 14.4 Å². The van der Waals surface area contributed by atoms with Crippen molar-refractivity contribution in [2.75, 3.05) is 25.8 Å². The van der Waals surface area contributed by atoms with Gasteiger partial charge in [0.1, 0.15) is 10.7 Å². The minimum Gasteiger partial charge on any atom is -0.497 e. The van der Waals surface area contributed by atoms with Gasteiger partial charge in [0.05, 0.1) is 19.4 Å². The Morgan fingerprint density at radius 1 is 1.17 bits per heavy atom. The Morgan fingerprint density at radius 2 is 1.86 bits per heavy atom. The van der Waals surface area contributed by atoms with Gasteiger partial charge in [-0.15, -0.1) is 0 Å². The summed E-state index contributed by atoms with van der Waals surface area (Å²) in [6, 6.07) is 7.48. The zero-order valence-electron chi connectivity index (χ0n) is 17.2. The van der Waals surface area contributed by atoms with Gasteiger partial charge >= 0.3 is 5.97 Å². The molecule has 3 rings (SSSR count). The zero-order valence-corrected chi connectivity index (χ0v) is 18.9. The number of methoxy groups -OCH3 is 1. The molecule has 1 unspecified atom stereocenters. The highest BCUT2D eigenvalue weighted by atomic mass is 32.2. The topological polar surface area (TPSA) is 71.4 Å². The maximum absolute atomic E-state index is 12.7.